The molecule has 1 aromatic carbocycles. The van der Waals surface area contributed by atoms with E-state index in [2.05, 4.69) is 37.3 Å². The molecule has 14 heavy (non-hydrogen) atoms. The van der Waals surface area contributed by atoms with Crippen molar-refractivity contribution in [1.29, 1.82) is 0 Å². The first-order chi connectivity index (χ1) is 6.93. The number of benzene rings is 1. The molecule has 1 atom stereocenters. The van der Waals surface area contributed by atoms with Crippen LogP contribution in [0.5, 0.6) is 0 Å². The van der Waals surface area contributed by atoms with Gasteiger partial charge in [-0.1, -0.05) is 0 Å². The Morgan fingerprint density at radius 3 is 2.57 bits per heavy atom. The first-order valence-electron chi connectivity index (χ1n) is 5.72. The van der Waals surface area contributed by atoms with Gasteiger partial charge in [-0.25, -0.2) is 0 Å². The van der Waals surface area contributed by atoms with Crippen molar-refractivity contribution >= 4 is 21.8 Å². The van der Waals surface area contributed by atoms with Gasteiger partial charge < -0.3 is 0 Å². The Morgan fingerprint density at radius 1 is 1.07 bits per heavy atom. The van der Waals surface area contributed by atoms with Crippen molar-refractivity contribution in [1.82, 2.24) is 0 Å². The van der Waals surface area contributed by atoms with Crippen molar-refractivity contribution < 1.29 is 0 Å². The minimum absolute atomic E-state index is 0.213. The predicted molar refractivity (Wildman–Crippen MR) is 74.5 cm³/mol. The molecule has 1 rings (SSSR count). The summed E-state index contributed by atoms with van der Waals surface area (Å²) in [5.74, 6) is 0. The molecule has 1 unspecified atom stereocenters. The summed E-state index contributed by atoms with van der Waals surface area (Å²) in [7, 11) is 1.37. The van der Waals surface area contributed by atoms with Crippen molar-refractivity contribution in [2.24, 2.45) is 0 Å². The van der Waals surface area contributed by atoms with E-state index in [0.29, 0.717) is 0 Å². The van der Waals surface area contributed by atoms with Crippen LogP contribution in [0.2, 0.25) is 0 Å². The third-order valence-electron chi connectivity index (χ3n) is 2.38. The maximum atomic E-state index is 2.28. The average molecular weight is 228 g/mol. The van der Waals surface area contributed by atoms with Gasteiger partial charge in [0.2, 0.25) is 0 Å². The monoisotopic (exact) mass is 228 g/mol. The molecule has 0 N–H and O–H groups in total. The van der Waals surface area contributed by atoms with Crippen LogP contribution in [0, 0.1) is 0 Å². The van der Waals surface area contributed by atoms with Crippen LogP contribution in [0.15, 0.2) is 30.3 Å². The molecule has 80 valence electrons. The third kappa shape index (κ3) is 5.74. The summed E-state index contributed by atoms with van der Waals surface area (Å²) in [6.07, 6.45) is 7.29. The van der Waals surface area contributed by atoms with Crippen LogP contribution in [0.4, 0.5) is 0 Å². The molecule has 0 heterocycles. The normalized spacial score (nSPS) is 11.5. The predicted octanol–water partition coefficient (Wildman–Crippen LogP) is 3.63. The zero-order chi connectivity index (χ0) is 10.1. The van der Waals surface area contributed by atoms with Crippen LogP contribution in [0.25, 0.3) is 0 Å². The van der Waals surface area contributed by atoms with Gasteiger partial charge in [0.15, 0.2) is 0 Å². The molecule has 0 amide bonds. The van der Waals surface area contributed by atoms with E-state index in [1.807, 2.05) is 0 Å². The van der Waals surface area contributed by atoms with Crippen molar-refractivity contribution in [2.45, 2.75) is 32.6 Å². The van der Waals surface area contributed by atoms with Crippen LogP contribution in [0.3, 0.4) is 0 Å². The second-order valence-electron chi connectivity index (χ2n) is 3.71. The number of rotatable bonds is 7. The van der Waals surface area contributed by atoms with Gasteiger partial charge in [0.05, 0.1) is 0 Å². The van der Waals surface area contributed by atoms with E-state index >= 15 is 0 Å². The molecule has 0 saturated heterocycles. The van der Waals surface area contributed by atoms with Gasteiger partial charge in [-0.3, -0.25) is 0 Å². The van der Waals surface area contributed by atoms with Crippen molar-refractivity contribution in [2.75, 3.05) is 6.16 Å². The van der Waals surface area contributed by atoms with Gasteiger partial charge in [-0.2, -0.15) is 0 Å². The van der Waals surface area contributed by atoms with E-state index in [-0.39, 0.29) is 8.27 Å². The Balaban J connectivity index is 1.99. The first kappa shape index (κ1) is 12.2. The fourth-order valence-corrected chi connectivity index (χ4v) is 5.87. The Kier molecular flexibility index (Phi) is 7.28. The summed E-state index contributed by atoms with van der Waals surface area (Å²) in [4.78, 5) is 0. The van der Waals surface area contributed by atoms with Gasteiger partial charge in [-0.05, 0) is 0 Å². The summed E-state index contributed by atoms with van der Waals surface area (Å²) < 4.78 is 0. The van der Waals surface area contributed by atoms with Crippen LogP contribution in [-0.4, -0.2) is 6.16 Å². The summed E-state index contributed by atoms with van der Waals surface area (Å²) in [5, 5.41) is 1.58. The van der Waals surface area contributed by atoms with E-state index in [1.54, 1.807) is 11.5 Å². The maximum absolute atomic E-state index is 2.28. The second-order valence-corrected chi connectivity index (χ2v) is 8.41. The molecule has 0 bridgehead atoms. The summed E-state index contributed by atoms with van der Waals surface area (Å²) in [6.45, 7) is 2.28. The van der Waals surface area contributed by atoms with E-state index in [9.17, 15) is 0 Å². The zero-order valence-electron chi connectivity index (χ0n) is 9.13. The Bertz CT molecular complexity index is 221. The molecule has 0 aliphatic carbocycles. The summed E-state index contributed by atoms with van der Waals surface area (Å²) in [6, 6.07) is 11.0. The fourth-order valence-electron chi connectivity index (χ4n) is 1.52. The molecule has 0 radical (unpaired) electrons. The van der Waals surface area contributed by atoms with Gasteiger partial charge in [-0.15, -0.1) is 0 Å². The second kappa shape index (κ2) is 8.39. The quantitative estimate of drug-likeness (QED) is 0.494. The standard InChI is InChI=1S/C12H22P2/c1-2-3-4-8-11-13-14-12-9-6-5-7-10-12/h5-7,9-10,14H,2-4,8,11H2,1,13H3. The molecular formula is C12H22P2. The molecule has 0 aromatic heterocycles. The van der Waals surface area contributed by atoms with Gasteiger partial charge >= 0.3 is 90.9 Å². The molecular weight excluding hydrogens is 206 g/mol. The van der Waals surface area contributed by atoms with Crippen LogP contribution in [0.1, 0.15) is 32.6 Å². The minimum atomic E-state index is 0.213. The molecule has 0 spiro atoms. The van der Waals surface area contributed by atoms with Gasteiger partial charge in [0.25, 0.3) is 0 Å². The summed E-state index contributed by atoms with van der Waals surface area (Å²) >= 11 is 0. The van der Waals surface area contributed by atoms with Crippen molar-refractivity contribution in [3.05, 3.63) is 30.3 Å². The number of unbranched alkanes of at least 4 members (excludes halogenated alkanes) is 3. The van der Waals surface area contributed by atoms with Gasteiger partial charge in [0, 0.05) is 0 Å². The van der Waals surface area contributed by atoms with Crippen LogP contribution in [-0.2, 0) is 0 Å². The topological polar surface area (TPSA) is 0 Å². The number of hydrogen-bond acceptors (Lipinski definition) is 0. The molecule has 0 nitrogen and oxygen atoms in total. The molecule has 0 saturated carbocycles. The fraction of sp³-hybridized carbons (Fsp3) is 0.500. The molecule has 2 heteroatoms. The van der Waals surface area contributed by atoms with Crippen molar-refractivity contribution in [3.63, 3.8) is 0 Å². The first-order valence-corrected chi connectivity index (χ1v) is 10.0. The number of hydrogen-bond donors (Lipinski definition) is 0. The zero-order valence-corrected chi connectivity index (χ0v) is 11.5. The molecule has 0 fully saturated rings. The Labute approximate surface area is 91.3 Å². The van der Waals surface area contributed by atoms with E-state index in [0.717, 1.165) is 8.27 Å². The van der Waals surface area contributed by atoms with Crippen molar-refractivity contribution in [3.8, 4) is 0 Å². The average Bonchev–Trinajstić information content (AvgIpc) is 2.25. The summed E-state index contributed by atoms with van der Waals surface area (Å²) in [5.41, 5.74) is 0. The SMILES string of the molecule is CCCCCC[PH3]Pc1ccccc1. The van der Waals surface area contributed by atoms with E-state index in [1.165, 1.54) is 25.7 Å². The Morgan fingerprint density at radius 2 is 1.86 bits per heavy atom. The molecule has 0 aliphatic heterocycles. The van der Waals surface area contributed by atoms with E-state index in [4.69, 9.17) is 0 Å². The van der Waals surface area contributed by atoms with Crippen LogP contribution < -0.4 is 5.30 Å². The third-order valence-corrected chi connectivity index (χ3v) is 7.26. The van der Waals surface area contributed by atoms with Crippen LogP contribution >= 0.6 is 16.5 Å². The molecule has 1 aromatic rings. The van der Waals surface area contributed by atoms with E-state index < -0.39 is 0 Å². The molecule has 0 aliphatic rings. The van der Waals surface area contributed by atoms with Gasteiger partial charge in [0.1, 0.15) is 0 Å². The Hall–Kier alpha value is 0.0800.